The molecule has 0 bridgehead atoms. The van der Waals surface area contributed by atoms with E-state index >= 15 is 0 Å². The predicted octanol–water partition coefficient (Wildman–Crippen LogP) is 6.84. The molecule has 0 radical (unpaired) electrons. The summed E-state index contributed by atoms with van der Waals surface area (Å²) >= 11 is 0. The van der Waals surface area contributed by atoms with E-state index in [0.29, 0.717) is 18.8 Å². The number of carbonyl (C=O) groups is 2. The van der Waals surface area contributed by atoms with Crippen molar-refractivity contribution in [1.29, 1.82) is 5.26 Å². The van der Waals surface area contributed by atoms with Gasteiger partial charge in [0, 0.05) is 18.3 Å². The van der Waals surface area contributed by atoms with Crippen LogP contribution in [0.1, 0.15) is 92.9 Å². The van der Waals surface area contributed by atoms with Crippen molar-refractivity contribution in [3.8, 4) is 6.07 Å². The van der Waals surface area contributed by atoms with Gasteiger partial charge < -0.3 is 4.74 Å². The van der Waals surface area contributed by atoms with E-state index < -0.39 is 6.86 Å². The van der Waals surface area contributed by atoms with Crippen LogP contribution in [0.3, 0.4) is 0 Å². The summed E-state index contributed by atoms with van der Waals surface area (Å²) in [7, 11) is 0. The number of nitrogens with zero attached hydrogens (tertiary/aromatic N) is 1. The third-order valence-corrected chi connectivity index (χ3v) is 12.8. The van der Waals surface area contributed by atoms with Gasteiger partial charge >= 0.3 is 0 Å². The van der Waals surface area contributed by atoms with Gasteiger partial charge in [-0.05, 0) is 89.8 Å². The molecule has 198 valence electrons. The summed E-state index contributed by atoms with van der Waals surface area (Å²) in [5.41, 5.74) is -0.247. The Hall–Kier alpha value is -1.54. The van der Waals surface area contributed by atoms with E-state index in [9.17, 15) is 19.2 Å². The predicted molar refractivity (Wildman–Crippen MR) is 136 cm³/mol. The van der Waals surface area contributed by atoms with Crippen LogP contribution in [-0.2, 0) is 14.3 Å². The molecule has 0 aromatic carbocycles. The number of ether oxygens (including phenoxy) is 1. The summed E-state index contributed by atoms with van der Waals surface area (Å²) in [5, 5.41) is 9.77. The second kappa shape index (κ2) is 8.23. The number of rotatable bonds is 3. The Bertz CT molecular complexity index is 1040. The van der Waals surface area contributed by atoms with Crippen molar-refractivity contribution in [3.63, 3.8) is 0 Å². The van der Waals surface area contributed by atoms with E-state index in [1.807, 2.05) is 13.0 Å². The lowest BCUT2D eigenvalue weighted by molar-refractivity contribution is -0.226. The normalized spacial score (nSPS) is 49.6. The van der Waals surface area contributed by atoms with Crippen LogP contribution < -0.4 is 0 Å². The molecular formula is C31H44FNO3. The molecule has 5 rings (SSSR count). The highest BCUT2D eigenvalue weighted by Gasteiger charge is 2.71. The Morgan fingerprint density at radius 1 is 1.03 bits per heavy atom. The average molecular weight is 498 g/mol. The van der Waals surface area contributed by atoms with E-state index in [-0.39, 0.29) is 68.0 Å². The fourth-order valence-electron chi connectivity index (χ4n) is 10.5. The number of nitriles is 1. The highest BCUT2D eigenvalue weighted by atomic mass is 19.1. The topological polar surface area (TPSA) is 67.2 Å². The van der Waals surface area contributed by atoms with E-state index in [0.717, 1.165) is 44.9 Å². The highest BCUT2D eigenvalue weighted by Crippen LogP contribution is 2.75. The summed E-state index contributed by atoms with van der Waals surface area (Å²) in [5.74, 6) is 0.581. The molecule has 5 aliphatic carbocycles. The SMILES string of the molecule is CC1C(=O)C(C#N)=CC2(C)C1CCC1(C)C2CC(=O)C2C3CC(C)(C)CCC3(COCF)CCC21C. The molecule has 0 amide bonds. The van der Waals surface area contributed by atoms with Gasteiger partial charge in [0.25, 0.3) is 0 Å². The van der Waals surface area contributed by atoms with Gasteiger partial charge in [-0.25, -0.2) is 4.39 Å². The number of fused-ring (bicyclic) bond motifs is 7. The minimum absolute atomic E-state index is 0.0328. The number of hydrogen-bond acceptors (Lipinski definition) is 4. The van der Waals surface area contributed by atoms with Crippen molar-refractivity contribution in [3.05, 3.63) is 11.6 Å². The number of carbonyl (C=O) groups excluding carboxylic acids is 2. The van der Waals surface area contributed by atoms with Gasteiger partial charge in [0.15, 0.2) is 12.6 Å². The first-order chi connectivity index (χ1) is 16.8. The van der Waals surface area contributed by atoms with Gasteiger partial charge in [-0.1, -0.05) is 47.6 Å². The zero-order chi connectivity index (χ0) is 26.3. The molecular weight excluding hydrogens is 453 g/mol. The molecule has 0 aromatic rings. The Morgan fingerprint density at radius 2 is 1.72 bits per heavy atom. The van der Waals surface area contributed by atoms with Crippen LogP contribution in [0.2, 0.25) is 0 Å². The fourth-order valence-corrected chi connectivity index (χ4v) is 10.5. The van der Waals surface area contributed by atoms with Gasteiger partial charge in [-0.2, -0.15) is 5.26 Å². The van der Waals surface area contributed by atoms with E-state index in [1.54, 1.807) is 0 Å². The smallest absolute Gasteiger partial charge is 0.188 e. The minimum Gasteiger partial charge on any atom is -0.350 e. The zero-order valence-electron chi connectivity index (χ0n) is 23.1. The number of Topliss-reactive ketones (excluding diaryl/α,β-unsaturated/α-hetero) is 2. The van der Waals surface area contributed by atoms with Gasteiger partial charge in [0.05, 0.1) is 12.2 Å². The molecule has 0 N–H and O–H groups in total. The van der Waals surface area contributed by atoms with Crippen molar-refractivity contribution in [2.45, 2.75) is 92.9 Å². The van der Waals surface area contributed by atoms with Crippen LogP contribution >= 0.6 is 0 Å². The second-order valence-corrected chi connectivity index (χ2v) is 14.7. The van der Waals surface area contributed by atoms with Crippen molar-refractivity contribution in [1.82, 2.24) is 0 Å². The number of hydrogen-bond donors (Lipinski definition) is 0. The minimum atomic E-state index is -0.766. The molecule has 9 atom stereocenters. The van der Waals surface area contributed by atoms with Crippen molar-refractivity contribution in [2.24, 2.45) is 56.7 Å². The second-order valence-electron chi connectivity index (χ2n) is 14.7. The van der Waals surface area contributed by atoms with Crippen LogP contribution in [0, 0.1) is 68.0 Å². The molecule has 9 unspecified atom stereocenters. The summed E-state index contributed by atoms with van der Waals surface area (Å²) in [4.78, 5) is 27.3. The summed E-state index contributed by atoms with van der Waals surface area (Å²) in [6, 6.07) is 2.18. The molecule has 4 saturated carbocycles. The van der Waals surface area contributed by atoms with Crippen molar-refractivity contribution < 1.29 is 18.7 Å². The zero-order valence-corrected chi connectivity index (χ0v) is 23.1. The lowest BCUT2D eigenvalue weighted by Gasteiger charge is -2.71. The molecule has 36 heavy (non-hydrogen) atoms. The first-order valence-corrected chi connectivity index (χ1v) is 14.1. The summed E-state index contributed by atoms with van der Waals surface area (Å²) < 4.78 is 18.7. The molecule has 0 aliphatic heterocycles. The highest BCUT2D eigenvalue weighted by molar-refractivity contribution is 6.01. The third kappa shape index (κ3) is 3.31. The molecule has 5 heteroatoms. The molecule has 0 saturated heterocycles. The fraction of sp³-hybridized carbons (Fsp3) is 0.839. The number of alkyl halides is 1. The van der Waals surface area contributed by atoms with Gasteiger partial charge in [0.2, 0.25) is 0 Å². The van der Waals surface area contributed by atoms with Crippen LogP contribution in [0.15, 0.2) is 11.6 Å². The van der Waals surface area contributed by atoms with Gasteiger partial charge in [-0.3, -0.25) is 9.59 Å². The Kier molecular flexibility index (Phi) is 5.96. The van der Waals surface area contributed by atoms with Gasteiger partial charge in [0.1, 0.15) is 11.9 Å². The molecule has 0 heterocycles. The van der Waals surface area contributed by atoms with Gasteiger partial charge in [-0.15, -0.1) is 0 Å². The van der Waals surface area contributed by atoms with Crippen LogP contribution in [0.5, 0.6) is 0 Å². The first kappa shape index (κ1) is 26.1. The Morgan fingerprint density at radius 3 is 2.39 bits per heavy atom. The molecule has 0 spiro atoms. The van der Waals surface area contributed by atoms with Crippen molar-refractivity contribution >= 4 is 11.6 Å². The Labute approximate surface area is 216 Å². The van der Waals surface area contributed by atoms with Crippen molar-refractivity contribution in [2.75, 3.05) is 13.5 Å². The van der Waals surface area contributed by atoms with E-state index in [2.05, 4.69) is 40.7 Å². The summed E-state index contributed by atoms with van der Waals surface area (Å²) in [6.07, 6.45) is 9.44. The Balaban J connectivity index is 1.60. The standard InChI is InChI=1S/C31H44FNO3/c1-19-21-7-8-29(5)24(28(21,4)14-20(16-33)26(19)35)13-23(34)25-22-15-27(2,3)9-11-31(22,17-36-18-32)12-10-30(25,29)6/h14,19,21-22,24-25H,7-13,15,17-18H2,1-6H3. The molecule has 4 nitrogen and oxygen atoms in total. The number of ketones is 2. The monoisotopic (exact) mass is 497 g/mol. The largest absolute Gasteiger partial charge is 0.350 e. The summed E-state index contributed by atoms with van der Waals surface area (Å²) in [6.45, 7) is 13.3. The number of allylic oxidation sites excluding steroid dienone is 2. The molecule has 4 fully saturated rings. The van der Waals surface area contributed by atoms with E-state index in [1.165, 1.54) is 0 Å². The average Bonchev–Trinajstić information content (AvgIpc) is 2.82. The van der Waals surface area contributed by atoms with Crippen LogP contribution in [-0.4, -0.2) is 25.0 Å². The number of halogens is 1. The molecule has 0 aromatic heterocycles. The maximum Gasteiger partial charge on any atom is 0.188 e. The van der Waals surface area contributed by atoms with E-state index in [4.69, 9.17) is 4.74 Å². The first-order valence-electron chi connectivity index (χ1n) is 14.1. The lowest BCUT2D eigenvalue weighted by atomic mass is 9.32. The maximum atomic E-state index is 14.4. The quantitative estimate of drug-likeness (QED) is 0.428. The maximum absolute atomic E-state index is 14.4. The molecule has 5 aliphatic rings. The van der Waals surface area contributed by atoms with Crippen LogP contribution in [0.25, 0.3) is 0 Å². The lowest BCUT2D eigenvalue weighted by Crippen LogP contribution is -2.68. The third-order valence-electron chi connectivity index (χ3n) is 12.8. The van der Waals surface area contributed by atoms with Crippen LogP contribution in [0.4, 0.5) is 4.39 Å².